The van der Waals surface area contributed by atoms with Crippen LogP contribution in [0.1, 0.15) is 39.2 Å². The van der Waals surface area contributed by atoms with Crippen molar-refractivity contribution in [2.24, 2.45) is 0 Å². The number of carbonyl (C=O) groups is 1. The number of ether oxygens (including phenoxy) is 1. The van der Waals surface area contributed by atoms with E-state index in [9.17, 15) is 9.18 Å². The molecule has 0 aliphatic heterocycles. The van der Waals surface area contributed by atoms with Crippen LogP contribution in [0, 0.1) is 5.82 Å². The number of para-hydroxylation sites is 1. The maximum absolute atomic E-state index is 14.1. The van der Waals surface area contributed by atoms with E-state index in [-0.39, 0.29) is 29.7 Å². The molecule has 2 heterocycles. The quantitative estimate of drug-likeness (QED) is 0.649. The number of thiazole rings is 1. The smallest absolute Gasteiger partial charge is 0.417 e. The van der Waals surface area contributed by atoms with Crippen molar-refractivity contribution >= 4 is 28.1 Å². The van der Waals surface area contributed by atoms with Crippen LogP contribution in [0.5, 0.6) is 6.08 Å². The SMILES string of the molecule is CC(=O)N(c1nc(COc2nc(C(C)(C)C)no2)cs1)c1ccccc1F. The van der Waals surface area contributed by atoms with Gasteiger partial charge < -0.3 is 4.74 Å². The van der Waals surface area contributed by atoms with E-state index in [0.29, 0.717) is 16.6 Å². The van der Waals surface area contributed by atoms with Crippen molar-refractivity contribution in [3.63, 3.8) is 0 Å². The number of aromatic nitrogens is 3. The molecule has 0 aliphatic rings. The first-order valence-corrected chi connectivity index (χ1v) is 9.10. The normalized spacial score (nSPS) is 11.4. The Kier molecular flexibility index (Phi) is 5.22. The fourth-order valence-corrected chi connectivity index (χ4v) is 3.08. The zero-order chi connectivity index (χ0) is 19.6. The van der Waals surface area contributed by atoms with Crippen molar-refractivity contribution in [1.82, 2.24) is 15.1 Å². The van der Waals surface area contributed by atoms with Gasteiger partial charge in [-0.25, -0.2) is 9.37 Å². The topological polar surface area (TPSA) is 81.4 Å². The van der Waals surface area contributed by atoms with Gasteiger partial charge in [0, 0.05) is 17.7 Å². The Bertz CT molecular complexity index is 948. The van der Waals surface area contributed by atoms with Crippen LogP contribution in [0.2, 0.25) is 0 Å². The highest BCUT2D eigenvalue weighted by Gasteiger charge is 2.23. The van der Waals surface area contributed by atoms with Gasteiger partial charge in [0.15, 0.2) is 11.0 Å². The van der Waals surface area contributed by atoms with Gasteiger partial charge in [0.25, 0.3) is 0 Å². The first kappa shape index (κ1) is 19.0. The lowest BCUT2D eigenvalue weighted by molar-refractivity contribution is -0.115. The van der Waals surface area contributed by atoms with Crippen molar-refractivity contribution in [2.45, 2.75) is 39.7 Å². The van der Waals surface area contributed by atoms with E-state index in [2.05, 4.69) is 15.1 Å². The second-order valence-electron chi connectivity index (χ2n) is 6.85. The van der Waals surface area contributed by atoms with E-state index in [0.717, 1.165) is 0 Å². The van der Waals surface area contributed by atoms with Gasteiger partial charge in [-0.2, -0.15) is 4.98 Å². The molecule has 0 saturated carbocycles. The molecule has 0 atom stereocenters. The van der Waals surface area contributed by atoms with Crippen LogP contribution in [0.15, 0.2) is 34.2 Å². The van der Waals surface area contributed by atoms with Gasteiger partial charge in [-0.3, -0.25) is 14.2 Å². The van der Waals surface area contributed by atoms with E-state index in [4.69, 9.17) is 9.26 Å². The number of carbonyl (C=O) groups excluding carboxylic acids is 1. The molecule has 2 aromatic heterocycles. The molecule has 1 amide bonds. The second-order valence-corrected chi connectivity index (χ2v) is 7.69. The Morgan fingerprint density at radius 3 is 2.67 bits per heavy atom. The average molecular weight is 390 g/mol. The molecule has 3 aromatic rings. The van der Waals surface area contributed by atoms with Crippen LogP contribution in [0.3, 0.4) is 0 Å². The van der Waals surface area contributed by atoms with E-state index >= 15 is 0 Å². The van der Waals surface area contributed by atoms with Gasteiger partial charge in [-0.05, 0) is 12.1 Å². The Morgan fingerprint density at radius 2 is 2.04 bits per heavy atom. The summed E-state index contributed by atoms with van der Waals surface area (Å²) in [4.78, 5) is 21.8. The van der Waals surface area contributed by atoms with Crippen LogP contribution in [-0.4, -0.2) is 21.0 Å². The maximum atomic E-state index is 14.1. The molecule has 27 heavy (non-hydrogen) atoms. The molecule has 0 spiro atoms. The lowest BCUT2D eigenvalue weighted by Crippen LogP contribution is -2.23. The van der Waals surface area contributed by atoms with Crippen LogP contribution in [0.4, 0.5) is 15.2 Å². The summed E-state index contributed by atoms with van der Waals surface area (Å²) in [6.07, 6.45) is 0.0482. The minimum absolute atomic E-state index is 0.0482. The van der Waals surface area contributed by atoms with Crippen LogP contribution >= 0.6 is 11.3 Å². The minimum Gasteiger partial charge on any atom is -0.442 e. The van der Waals surface area contributed by atoms with E-state index in [1.807, 2.05) is 20.8 Å². The average Bonchev–Trinajstić information content (AvgIpc) is 3.24. The fourth-order valence-electron chi connectivity index (χ4n) is 2.21. The molecule has 0 unspecified atom stereocenters. The van der Waals surface area contributed by atoms with E-state index in [1.54, 1.807) is 17.5 Å². The first-order valence-electron chi connectivity index (χ1n) is 8.22. The fraction of sp³-hybridized carbons (Fsp3) is 0.333. The van der Waals surface area contributed by atoms with Crippen LogP contribution in [0.25, 0.3) is 0 Å². The van der Waals surface area contributed by atoms with Gasteiger partial charge in [0.05, 0.1) is 11.4 Å². The molecule has 0 bridgehead atoms. The Balaban J connectivity index is 1.74. The molecule has 0 saturated heterocycles. The Morgan fingerprint density at radius 1 is 1.30 bits per heavy atom. The van der Waals surface area contributed by atoms with Gasteiger partial charge >= 0.3 is 6.08 Å². The highest BCUT2D eigenvalue weighted by atomic mass is 32.1. The predicted molar refractivity (Wildman–Crippen MR) is 98.7 cm³/mol. The Hall–Kier alpha value is -2.81. The number of anilines is 2. The van der Waals surface area contributed by atoms with Crippen molar-refractivity contribution in [3.8, 4) is 6.08 Å². The summed E-state index contributed by atoms with van der Waals surface area (Å²) in [6, 6.07) is 6.05. The molecule has 1 aromatic carbocycles. The summed E-state index contributed by atoms with van der Waals surface area (Å²) in [7, 11) is 0. The van der Waals surface area contributed by atoms with Crippen molar-refractivity contribution in [3.05, 3.63) is 47.0 Å². The molecule has 7 nitrogen and oxygen atoms in total. The first-order chi connectivity index (χ1) is 12.8. The van der Waals surface area contributed by atoms with Gasteiger partial charge in [0.2, 0.25) is 5.91 Å². The number of hydrogen-bond acceptors (Lipinski definition) is 7. The molecular formula is C18H19FN4O3S. The monoisotopic (exact) mass is 390 g/mol. The molecule has 0 fully saturated rings. The lowest BCUT2D eigenvalue weighted by atomic mass is 9.96. The number of nitrogens with zero attached hydrogens (tertiary/aromatic N) is 4. The van der Waals surface area contributed by atoms with Crippen LogP contribution < -0.4 is 9.64 Å². The largest absolute Gasteiger partial charge is 0.442 e. The third-order valence-corrected chi connectivity index (χ3v) is 4.44. The zero-order valence-corrected chi connectivity index (χ0v) is 16.2. The number of hydrogen-bond donors (Lipinski definition) is 0. The molecule has 9 heteroatoms. The van der Waals surface area contributed by atoms with E-state index in [1.165, 1.54) is 35.3 Å². The molecule has 3 rings (SSSR count). The van der Waals surface area contributed by atoms with Crippen molar-refractivity contribution in [2.75, 3.05) is 4.90 Å². The highest BCUT2D eigenvalue weighted by molar-refractivity contribution is 7.14. The van der Waals surface area contributed by atoms with Gasteiger partial charge in [0.1, 0.15) is 12.4 Å². The molecule has 0 radical (unpaired) electrons. The molecular weight excluding hydrogens is 371 g/mol. The lowest BCUT2D eigenvalue weighted by Gasteiger charge is -2.18. The number of amides is 1. The maximum Gasteiger partial charge on any atom is 0.417 e. The standard InChI is InChI=1S/C18H19FN4O3S/c1-11(24)23(14-8-6-5-7-13(14)19)16-20-12(10-27-16)9-25-17-21-15(22-26-17)18(2,3)4/h5-8,10H,9H2,1-4H3. The zero-order valence-electron chi connectivity index (χ0n) is 15.4. The summed E-state index contributed by atoms with van der Waals surface area (Å²) in [6.45, 7) is 7.34. The predicted octanol–water partition coefficient (Wildman–Crippen LogP) is 4.23. The summed E-state index contributed by atoms with van der Waals surface area (Å²) in [5.74, 6) is -0.298. The number of halogens is 1. The summed E-state index contributed by atoms with van der Waals surface area (Å²) >= 11 is 1.21. The molecule has 0 aliphatic carbocycles. The summed E-state index contributed by atoms with van der Waals surface area (Å²) in [5.41, 5.74) is 0.465. The van der Waals surface area contributed by atoms with Crippen LogP contribution in [-0.2, 0) is 16.8 Å². The van der Waals surface area contributed by atoms with Crippen molar-refractivity contribution in [1.29, 1.82) is 0 Å². The van der Waals surface area contributed by atoms with Gasteiger partial charge in [-0.1, -0.05) is 38.1 Å². The van der Waals surface area contributed by atoms with E-state index < -0.39 is 5.82 Å². The van der Waals surface area contributed by atoms with Gasteiger partial charge in [-0.15, -0.1) is 11.3 Å². The third kappa shape index (κ3) is 4.30. The molecule has 142 valence electrons. The summed E-state index contributed by atoms with van der Waals surface area (Å²) in [5, 5.41) is 5.97. The van der Waals surface area contributed by atoms with Crippen molar-refractivity contribution < 1.29 is 18.4 Å². The minimum atomic E-state index is -0.499. The number of benzene rings is 1. The highest BCUT2D eigenvalue weighted by Crippen LogP contribution is 2.31. The summed E-state index contributed by atoms with van der Waals surface area (Å²) < 4.78 is 24.6. The second kappa shape index (κ2) is 7.43. The Labute approximate surface area is 159 Å². The third-order valence-electron chi connectivity index (χ3n) is 3.56. The number of rotatable bonds is 5. The molecule has 0 N–H and O–H groups in total.